The molecule has 35 heavy (non-hydrogen) atoms. The number of nitrogens with one attached hydrogen (secondary N) is 1. The van der Waals surface area contributed by atoms with E-state index < -0.39 is 19.0 Å². The fraction of sp³-hybridized carbons (Fsp3) is 0.444. The number of amides is 1. The number of carbonyl (C=O) groups is 2. The molecule has 7 nitrogen and oxygen atoms in total. The lowest BCUT2D eigenvalue weighted by molar-refractivity contribution is -0.130. The molecule has 3 N–H and O–H groups in total. The fourth-order valence-corrected chi connectivity index (χ4v) is 4.72. The number of para-hydroxylation sites is 1. The van der Waals surface area contributed by atoms with Crippen molar-refractivity contribution in [1.82, 2.24) is 9.88 Å². The molecular weight excluding hydrogens is 441 g/mol. The van der Waals surface area contributed by atoms with E-state index in [4.69, 9.17) is 0 Å². The molecule has 0 aliphatic heterocycles. The second-order valence-electron chi connectivity index (χ2n) is 10.2. The van der Waals surface area contributed by atoms with Crippen molar-refractivity contribution in [2.45, 2.75) is 59.4 Å². The van der Waals surface area contributed by atoms with E-state index >= 15 is 0 Å². The van der Waals surface area contributed by atoms with Crippen molar-refractivity contribution < 1.29 is 19.6 Å². The van der Waals surface area contributed by atoms with E-state index in [0.29, 0.717) is 18.4 Å². The molecule has 1 heterocycles. The highest BCUT2D eigenvalue weighted by Gasteiger charge is 2.30. The lowest BCUT2D eigenvalue weighted by atomic mass is 9.74. The standard InChI is InChI=1S/C27H34BN3O4/c1-17(2)11-20(27(33)30-26(28(34)35)12-18(3)4)14-21(32)16-31-24-8-6-5-7-22(24)23-10-9-19(15-29)13-25(23)31/h5-10,13,17-18,20,26,34-35H,11-12,14,16H2,1-4H3,(H,30,33)/t20-,26+/m1/s1. The molecule has 0 bridgehead atoms. The van der Waals surface area contributed by atoms with Crippen LogP contribution < -0.4 is 5.32 Å². The number of hydrogen-bond donors (Lipinski definition) is 3. The zero-order valence-corrected chi connectivity index (χ0v) is 20.9. The lowest BCUT2D eigenvalue weighted by Crippen LogP contribution is -2.49. The first kappa shape index (κ1) is 26.5. The Morgan fingerprint density at radius 2 is 1.66 bits per heavy atom. The summed E-state index contributed by atoms with van der Waals surface area (Å²) in [6.45, 7) is 7.96. The van der Waals surface area contributed by atoms with Crippen molar-refractivity contribution in [3.05, 3.63) is 48.0 Å². The molecular formula is C27H34BN3O4. The molecule has 2 atom stereocenters. The second-order valence-corrected chi connectivity index (χ2v) is 10.2. The summed E-state index contributed by atoms with van der Waals surface area (Å²) < 4.78 is 1.91. The van der Waals surface area contributed by atoms with Crippen molar-refractivity contribution in [3.8, 4) is 6.07 Å². The van der Waals surface area contributed by atoms with E-state index in [1.807, 2.05) is 62.6 Å². The Morgan fingerprint density at radius 1 is 1.00 bits per heavy atom. The molecule has 0 unspecified atom stereocenters. The van der Waals surface area contributed by atoms with E-state index in [0.717, 1.165) is 21.8 Å². The summed E-state index contributed by atoms with van der Waals surface area (Å²) in [7, 11) is -1.66. The number of ketones is 1. The molecule has 0 spiro atoms. The molecule has 1 aromatic heterocycles. The summed E-state index contributed by atoms with van der Waals surface area (Å²) in [5.74, 6) is -1.43. The van der Waals surface area contributed by atoms with Gasteiger partial charge in [0, 0.05) is 28.6 Å². The maximum atomic E-state index is 13.3. The van der Waals surface area contributed by atoms with Crippen LogP contribution in [0.5, 0.6) is 0 Å². The van der Waals surface area contributed by atoms with Gasteiger partial charge in [-0.3, -0.25) is 9.59 Å². The van der Waals surface area contributed by atoms with Crippen LogP contribution in [0, 0.1) is 29.1 Å². The Balaban J connectivity index is 1.86. The van der Waals surface area contributed by atoms with Gasteiger partial charge in [-0.25, -0.2) is 0 Å². The Labute approximate surface area is 206 Å². The predicted octanol–water partition coefficient (Wildman–Crippen LogP) is 3.83. The molecule has 0 fully saturated rings. The van der Waals surface area contributed by atoms with Crippen LogP contribution in [0.2, 0.25) is 0 Å². The second kappa shape index (κ2) is 11.5. The van der Waals surface area contributed by atoms with Gasteiger partial charge >= 0.3 is 7.12 Å². The molecule has 3 rings (SSSR count). The molecule has 0 saturated heterocycles. The predicted molar refractivity (Wildman–Crippen MR) is 138 cm³/mol. The van der Waals surface area contributed by atoms with Gasteiger partial charge in [0.1, 0.15) is 0 Å². The third-order valence-corrected chi connectivity index (χ3v) is 6.25. The SMILES string of the molecule is CC(C)C[C@H](CC(=O)Cn1c2ccccc2c2ccc(C#N)cc21)C(=O)N[C@@H](CC(C)C)B(O)O. The van der Waals surface area contributed by atoms with Gasteiger partial charge in [0.15, 0.2) is 5.78 Å². The van der Waals surface area contributed by atoms with Crippen molar-refractivity contribution in [2.24, 2.45) is 17.8 Å². The summed E-state index contributed by atoms with van der Waals surface area (Å²) in [6, 6.07) is 15.4. The highest BCUT2D eigenvalue weighted by Crippen LogP contribution is 2.30. The third kappa shape index (κ3) is 6.50. The number of Topliss-reactive ketones (excluding diaryl/α,β-unsaturated/α-hetero) is 1. The summed E-state index contributed by atoms with van der Waals surface area (Å²) >= 11 is 0. The number of nitriles is 1. The van der Waals surface area contributed by atoms with E-state index in [1.165, 1.54) is 0 Å². The minimum atomic E-state index is -1.66. The van der Waals surface area contributed by atoms with Crippen molar-refractivity contribution in [2.75, 3.05) is 0 Å². The van der Waals surface area contributed by atoms with Gasteiger partial charge in [-0.05, 0) is 42.9 Å². The Kier molecular flexibility index (Phi) is 8.71. The minimum absolute atomic E-state index is 0.0475. The molecule has 8 heteroatoms. The van der Waals surface area contributed by atoms with Crippen LogP contribution in [0.15, 0.2) is 42.5 Å². The van der Waals surface area contributed by atoms with E-state index in [2.05, 4.69) is 11.4 Å². The van der Waals surface area contributed by atoms with E-state index in [9.17, 15) is 24.9 Å². The maximum absolute atomic E-state index is 13.3. The first-order valence-corrected chi connectivity index (χ1v) is 12.2. The van der Waals surface area contributed by atoms with Crippen LogP contribution >= 0.6 is 0 Å². The zero-order valence-electron chi connectivity index (χ0n) is 20.9. The van der Waals surface area contributed by atoms with Crippen LogP contribution in [0.1, 0.15) is 52.5 Å². The molecule has 184 valence electrons. The van der Waals surface area contributed by atoms with Gasteiger partial charge in [-0.15, -0.1) is 0 Å². The quantitative estimate of drug-likeness (QED) is 0.365. The number of aromatic nitrogens is 1. The highest BCUT2D eigenvalue weighted by atomic mass is 16.4. The lowest BCUT2D eigenvalue weighted by Gasteiger charge is -2.24. The number of carbonyl (C=O) groups excluding carboxylic acids is 2. The molecule has 0 radical (unpaired) electrons. The van der Waals surface area contributed by atoms with Crippen LogP contribution in [0.4, 0.5) is 0 Å². The van der Waals surface area contributed by atoms with Crippen LogP contribution in [0.3, 0.4) is 0 Å². The highest BCUT2D eigenvalue weighted by molar-refractivity contribution is 6.43. The number of hydrogen-bond acceptors (Lipinski definition) is 5. The molecule has 0 aliphatic rings. The van der Waals surface area contributed by atoms with Crippen LogP contribution in [0.25, 0.3) is 21.8 Å². The molecule has 0 saturated carbocycles. The fourth-order valence-electron chi connectivity index (χ4n) is 4.72. The molecule has 3 aromatic rings. The summed E-state index contributed by atoms with van der Waals surface area (Å²) in [6.07, 6.45) is 0.986. The van der Waals surface area contributed by atoms with Gasteiger partial charge in [-0.1, -0.05) is 52.0 Å². The molecule has 2 aromatic carbocycles. The molecule has 0 aliphatic carbocycles. The monoisotopic (exact) mass is 475 g/mol. The summed E-state index contributed by atoms with van der Waals surface area (Å²) in [5, 5.41) is 33.5. The van der Waals surface area contributed by atoms with Crippen LogP contribution in [-0.2, 0) is 16.1 Å². The van der Waals surface area contributed by atoms with E-state index in [-0.39, 0.29) is 36.5 Å². The molecule has 1 amide bonds. The topological polar surface area (TPSA) is 115 Å². The average Bonchev–Trinajstić information content (AvgIpc) is 3.10. The summed E-state index contributed by atoms with van der Waals surface area (Å²) in [5.41, 5.74) is 2.23. The van der Waals surface area contributed by atoms with Crippen molar-refractivity contribution in [3.63, 3.8) is 0 Å². The summed E-state index contributed by atoms with van der Waals surface area (Å²) in [4.78, 5) is 26.4. The Morgan fingerprint density at radius 3 is 2.29 bits per heavy atom. The van der Waals surface area contributed by atoms with Gasteiger partial charge in [0.25, 0.3) is 0 Å². The van der Waals surface area contributed by atoms with Gasteiger partial charge in [0.2, 0.25) is 5.91 Å². The zero-order chi connectivity index (χ0) is 25.7. The Bertz CT molecular complexity index is 1240. The average molecular weight is 475 g/mol. The third-order valence-electron chi connectivity index (χ3n) is 6.25. The van der Waals surface area contributed by atoms with E-state index in [1.54, 1.807) is 12.1 Å². The van der Waals surface area contributed by atoms with Crippen molar-refractivity contribution in [1.29, 1.82) is 5.26 Å². The first-order chi connectivity index (χ1) is 16.6. The normalized spacial score (nSPS) is 13.2. The number of nitrogens with zero attached hydrogens (tertiary/aromatic N) is 2. The number of fused-ring (bicyclic) bond motifs is 3. The first-order valence-electron chi connectivity index (χ1n) is 12.2. The van der Waals surface area contributed by atoms with Crippen LogP contribution in [-0.4, -0.2) is 39.4 Å². The van der Waals surface area contributed by atoms with Gasteiger partial charge in [0.05, 0.1) is 29.6 Å². The minimum Gasteiger partial charge on any atom is -0.426 e. The Hall–Kier alpha value is -3.15. The number of rotatable bonds is 11. The van der Waals surface area contributed by atoms with Gasteiger partial charge < -0.3 is 19.9 Å². The largest absolute Gasteiger partial charge is 0.475 e. The van der Waals surface area contributed by atoms with Gasteiger partial charge in [-0.2, -0.15) is 5.26 Å². The van der Waals surface area contributed by atoms with Crippen molar-refractivity contribution >= 4 is 40.6 Å². The number of benzene rings is 2. The maximum Gasteiger partial charge on any atom is 0.475 e. The smallest absolute Gasteiger partial charge is 0.426 e.